The maximum Gasteiger partial charge on any atom is 0.139 e. The van der Waals surface area contributed by atoms with Crippen LogP contribution < -0.4 is 0 Å². The monoisotopic (exact) mass is 346 g/mol. The molecule has 0 aliphatic carbocycles. The van der Waals surface area contributed by atoms with Crippen LogP contribution in [0.25, 0.3) is 32.5 Å². The Balaban J connectivity index is 1.98. The number of hydrogen-bond acceptors (Lipinski definition) is 2. The number of benzene rings is 2. The van der Waals surface area contributed by atoms with Crippen molar-refractivity contribution in [3.8, 4) is 11.4 Å². The molecule has 0 aliphatic rings. The minimum Gasteiger partial charge on any atom is -0.338 e. The average Bonchev–Trinajstić information content (AvgIpc) is 3.02. The quantitative estimate of drug-likeness (QED) is 0.494. The first-order chi connectivity index (χ1) is 9.72. The van der Waals surface area contributed by atoms with Gasteiger partial charge in [0.1, 0.15) is 11.6 Å². The summed E-state index contributed by atoms with van der Waals surface area (Å²) in [5, 5.41) is 3.24. The third-order valence-corrected chi connectivity index (χ3v) is 4.83. The topological polar surface area (TPSA) is 28.7 Å². The molecule has 1 N–H and O–H groups in total. The van der Waals surface area contributed by atoms with Gasteiger partial charge in [-0.25, -0.2) is 9.37 Å². The van der Waals surface area contributed by atoms with Gasteiger partial charge in [0, 0.05) is 27.1 Å². The summed E-state index contributed by atoms with van der Waals surface area (Å²) in [6.45, 7) is 0. The number of hydrogen-bond donors (Lipinski definition) is 1. The minimum absolute atomic E-state index is 0.289. The van der Waals surface area contributed by atoms with Crippen molar-refractivity contribution in [2.45, 2.75) is 0 Å². The van der Waals surface area contributed by atoms with Crippen LogP contribution in [0.15, 0.2) is 46.3 Å². The Bertz CT molecular complexity index is 903. The summed E-state index contributed by atoms with van der Waals surface area (Å²) in [7, 11) is 0. The van der Waals surface area contributed by atoms with Crippen LogP contribution in [0.3, 0.4) is 0 Å². The molecule has 0 amide bonds. The molecule has 0 unspecified atom stereocenters. The summed E-state index contributed by atoms with van der Waals surface area (Å²) in [6, 6.07) is 11.3. The van der Waals surface area contributed by atoms with Crippen molar-refractivity contribution < 1.29 is 4.39 Å². The van der Waals surface area contributed by atoms with E-state index in [9.17, 15) is 4.39 Å². The summed E-state index contributed by atoms with van der Waals surface area (Å²) in [5.74, 6) is 0.484. The van der Waals surface area contributed by atoms with E-state index in [0.717, 1.165) is 22.3 Å². The van der Waals surface area contributed by atoms with Gasteiger partial charge in [0.05, 0.1) is 15.5 Å². The van der Waals surface area contributed by atoms with E-state index in [4.69, 9.17) is 0 Å². The van der Waals surface area contributed by atoms with E-state index in [0.29, 0.717) is 9.99 Å². The van der Waals surface area contributed by atoms with Crippen molar-refractivity contribution in [3.05, 3.63) is 52.1 Å². The molecule has 20 heavy (non-hydrogen) atoms. The van der Waals surface area contributed by atoms with Crippen molar-refractivity contribution in [2.24, 2.45) is 0 Å². The lowest BCUT2D eigenvalue weighted by Gasteiger charge is -1.93. The highest BCUT2D eigenvalue weighted by molar-refractivity contribution is 9.10. The fourth-order valence-electron chi connectivity index (χ4n) is 2.29. The van der Waals surface area contributed by atoms with Gasteiger partial charge in [0.2, 0.25) is 0 Å². The molecule has 0 bridgehead atoms. The first kappa shape index (κ1) is 12.1. The van der Waals surface area contributed by atoms with Gasteiger partial charge >= 0.3 is 0 Å². The number of nitrogens with zero attached hydrogens (tertiary/aromatic N) is 1. The smallest absolute Gasteiger partial charge is 0.139 e. The van der Waals surface area contributed by atoms with E-state index in [1.54, 1.807) is 17.4 Å². The lowest BCUT2D eigenvalue weighted by atomic mass is 10.2. The molecule has 0 spiro atoms. The Kier molecular flexibility index (Phi) is 2.65. The molecule has 2 aromatic heterocycles. The molecule has 4 aromatic rings. The molecule has 0 saturated heterocycles. The maximum atomic E-state index is 13.6. The summed E-state index contributed by atoms with van der Waals surface area (Å²) < 4.78 is 15.2. The zero-order valence-electron chi connectivity index (χ0n) is 10.2. The van der Waals surface area contributed by atoms with Crippen molar-refractivity contribution in [3.63, 3.8) is 0 Å². The molecule has 2 nitrogen and oxygen atoms in total. The molecular formula is C15H8BrFN2S. The van der Waals surface area contributed by atoms with Gasteiger partial charge in [-0.15, -0.1) is 11.3 Å². The van der Waals surface area contributed by atoms with Crippen LogP contribution in [0.1, 0.15) is 0 Å². The van der Waals surface area contributed by atoms with E-state index < -0.39 is 0 Å². The second-order valence-electron chi connectivity index (χ2n) is 4.51. The van der Waals surface area contributed by atoms with E-state index in [1.165, 1.54) is 10.8 Å². The Hall–Kier alpha value is -1.72. The molecule has 4 rings (SSSR count). The first-order valence-electron chi connectivity index (χ1n) is 6.04. The third-order valence-electron chi connectivity index (χ3n) is 3.26. The van der Waals surface area contributed by atoms with Crippen LogP contribution in [0.4, 0.5) is 4.39 Å². The van der Waals surface area contributed by atoms with Gasteiger partial charge < -0.3 is 4.98 Å². The van der Waals surface area contributed by atoms with Gasteiger partial charge in [-0.3, -0.25) is 0 Å². The molecule has 0 fully saturated rings. The van der Waals surface area contributed by atoms with Crippen molar-refractivity contribution >= 4 is 48.4 Å². The Morgan fingerprint density at radius 1 is 1.20 bits per heavy atom. The predicted molar refractivity (Wildman–Crippen MR) is 84.6 cm³/mol. The number of imidazole rings is 1. The van der Waals surface area contributed by atoms with Crippen LogP contribution in [0.2, 0.25) is 0 Å². The summed E-state index contributed by atoms with van der Waals surface area (Å²) >= 11 is 4.87. The number of nitrogens with one attached hydrogen (secondary N) is 1. The highest BCUT2D eigenvalue weighted by Crippen LogP contribution is 2.33. The van der Waals surface area contributed by atoms with Gasteiger partial charge in [0.25, 0.3) is 0 Å². The number of H-pyrrole nitrogens is 1. The molecule has 2 heterocycles. The molecule has 0 radical (unpaired) electrons. The van der Waals surface area contributed by atoms with Crippen LogP contribution in [-0.2, 0) is 0 Å². The van der Waals surface area contributed by atoms with Crippen molar-refractivity contribution in [2.75, 3.05) is 0 Å². The van der Waals surface area contributed by atoms with E-state index in [-0.39, 0.29) is 5.82 Å². The maximum absolute atomic E-state index is 13.6. The van der Waals surface area contributed by atoms with Gasteiger partial charge in [-0.1, -0.05) is 18.2 Å². The standard InChI is InChI=1S/C15H8BrFN2S/c16-10-5-12-13(6-11(10)17)19-15(18-12)9-7-20-14-4-2-1-3-8(9)14/h1-7H,(H,18,19). The molecule has 0 saturated carbocycles. The zero-order chi connectivity index (χ0) is 13.7. The number of aromatic nitrogens is 2. The minimum atomic E-state index is -0.289. The number of aromatic amines is 1. The van der Waals surface area contributed by atoms with Crippen LogP contribution in [0.5, 0.6) is 0 Å². The van der Waals surface area contributed by atoms with E-state index >= 15 is 0 Å². The Morgan fingerprint density at radius 2 is 2.05 bits per heavy atom. The van der Waals surface area contributed by atoms with Gasteiger partial charge in [-0.2, -0.15) is 0 Å². The molecule has 98 valence electrons. The second-order valence-corrected chi connectivity index (χ2v) is 6.28. The Labute approximate surface area is 126 Å². The lowest BCUT2D eigenvalue weighted by molar-refractivity contribution is 0.623. The number of rotatable bonds is 1. The number of fused-ring (bicyclic) bond motifs is 2. The molecule has 5 heteroatoms. The third kappa shape index (κ3) is 1.77. The lowest BCUT2D eigenvalue weighted by Crippen LogP contribution is -1.77. The normalized spacial score (nSPS) is 11.5. The fourth-order valence-corrected chi connectivity index (χ4v) is 3.57. The summed E-state index contributed by atoms with van der Waals surface area (Å²) in [4.78, 5) is 7.75. The number of thiophene rings is 1. The first-order valence-corrected chi connectivity index (χ1v) is 7.71. The molecular weight excluding hydrogens is 339 g/mol. The van der Waals surface area contributed by atoms with E-state index in [1.807, 2.05) is 12.1 Å². The number of halogens is 2. The van der Waals surface area contributed by atoms with Crippen molar-refractivity contribution in [1.82, 2.24) is 9.97 Å². The fraction of sp³-hybridized carbons (Fsp3) is 0. The second kappa shape index (κ2) is 4.40. The Morgan fingerprint density at radius 3 is 2.95 bits per heavy atom. The highest BCUT2D eigenvalue weighted by atomic mass is 79.9. The average molecular weight is 347 g/mol. The van der Waals surface area contributed by atoms with Crippen LogP contribution in [-0.4, -0.2) is 9.97 Å². The molecule has 0 aliphatic heterocycles. The SMILES string of the molecule is Fc1cc2[nH]c(-c3csc4ccccc34)nc2cc1Br. The van der Waals surface area contributed by atoms with Gasteiger partial charge in [-0.05, 0) is 28.1 Å². The van der Waals surface area contributed by atoms with Gasteiger partial charge in [0.15, 0.2) is 0 Å². The largest absolute Gasteiger partial charge is 0.338 e. The van der Waals surface area contributed by atoms with Crippen LogP contribution in [0, 0.1) is 5.82 Å². The zero-order valence-corrected chi connectivity index (χ0v) is 12.6. The van der Waals surface area contributed by atoms with Crippen molar-refractivity contribution in [1.29, 1.82) is 0 Å². The van der Waals surface area contributed by atoms with Crippen LogP contribution >= 0.6 is 27.3 Å². The van der Waals surface area contributed by atoms with E-state index in [2.05, 4.69) is 43.4 Å². The summed E-state index contributed by atoms with van der Waals surface area (Å²) in [6.07, 6.45) is 0. The predicted octanol–water partition coefficient (Wildman–Crippen LogP) is 5.35. The molecule has 0 atom stereocenters. The highest BCUT2D eigenvalue weighted by Gasteiger charge is 2.12. The molecule has 2 aromatic carbocycles. The summed E-state index contributed by atoms with van der Waals surface area (Å²) in [5.41, 5.74) is 2.51.